The zero-order valence-electron chi connectivity index (χ0n) is 13.9. The lowest BCUT2D eigenvalue weighted by Crippen LogP contribution is -2.25. The Morgan fingerprint density at radius 1 is 1.19 bits per heavy atom. The van der Waals surface area contributed by atoms with Crippen molar-refractivity contribution in [3.63, 3.8) is 0 Å². The molecule has 0 aliphatic carbocycles. The SMILES string of the molecule is Cc1cc(Cl)ccc1N1CC(c2nc(-c3ccccc3Cl)no2)CC1=O. The van der Waals surface area contributed by atoms with Crippen LogP contribution in [0.1, 0.15) is 23.8 Å². The standard InChI is InChI=1S/C19H15Cl2N3O2/c1-11-8-13(20)6-7-16(11)24-10-12(9-17(24)25)19-22-18(23-26-19)14-4-2-3-5-15(14)21/h2-8,12H,9-10H2,1H3. The van der Waals surface area contributed by atoms with E-state index < -0.39 is 0 Å². The molecule has 0 bridgehead atoms. The third-order valence-electron chi connectivity index (χ3n) is 4.48. The minimum Gasteiger partial charge on any atom is -0.339 e. The van der Waals surface area contributed by atoms with E-state index in [1.165, 1.54) is 0 Å². The summed E-state index contributed by atoms with van der Waals surface area (Å²) >= 11 is 12.2. The molecule has 1 aliphatic rings. The average Bonchev–Trinajstić information content (AvgIpc) is 3.22. The molecule has 1 fully saturated rings. The summed E-state index contributed by atoms with van der Waals surface area (Å²) in [6.07, 6.45) is 0.326. The van der Waals surface area contributed by atoms with Gasteiger partial charge in [-0.05, 0) is 42.8 Å². The minimum absolute atomic E-state index is 0.0258. The van der Waals surface area contributed by atoms with Gasteiger partial charge in [0.25, 0.3) is 0 Å². The second-order valence-corrected chi connectivity index (χ2v) is 7.12. The van der Waals surface area contributed by atoms with Gasteiger partial charge in [0.2, 0.25) is 17.6 Å². The van der Waals surface area contributed by atoms with Crippen LogP contribution < -0.4 is 4.90 Å². The third kappa shape index (κ3) is 3.08. The van der Waals surface area contributed by atoms with Gasteiger partial charge in [0.05, 0.1) is 10.9 Å². The van der Waals surface area contributed by atoms with Gasteiger partial charge in [-0.3, -0.25) is 4.79 Å². The number of benzene rings is 2. The van der Waals surface area contributed by atoms with Crippen LogP contribution in [-0.4, -0.2) is 22.6 Å². The molecule has 1 unspecified atom stereocenters. The van der Waals surface area contributed by atoms with Crippen LogP contribution in [0.4, 0.5) is 5.69 Å². The van der Waals surface area contributed by atoms with Crippen molar-refractivity contribution in [1.82, 2.24) is 10.1 Å². The molecule has 7 heteroatoms. The highest BCUT2D eigenvalue weighted by Gasteiger charge is 2.35. The lowest BCUT2D eigenvalue weighted by atomic mass is 10.1. The van der Waals surface area contributed by atoms with Crippen molar-refractivity contribution < 1.29 is 9.32 Å². The molecule has 1 aliphatic heterocycles. The number of carbonyl (C=O) groups is 1. The van der Waals surface area contributed by atoms with Crippen LogP contribution in [-0.2, 0) is 4.79 Å². The monoisotopic (exact) mass is 387 g/mol. The Labute approximate surface area is 160 Å². The molecule has 132 valence electrons. The van der Waals surface area contributed by atoms with Crippen LogP contribution in [0.3, 0.4) is 0 Å². The van der Waals surface area contributed by atoms with E-state index in [9.17, 15) is 4.79 Å². The zero-order chi connectivity index (χ0) is 18.3. The summed E-state index contributed by atoms with van der Waals surface area (Å²) in [4.78, 5) is 18.7. The van der Waals surface area contributed by atoms with E-state index in [2.05, 4.69) is 10.1 Å². The molecule has 0 spiro atoms. The van der Waals surface area contributed by atoms with E-state index in [-0.39, 0.29) is 11.8 Å². The number of aryl methyl sites for hydroxylation is 1. The fourth-order valence-corrected chi connectivity index (χ4v) is 3.63. The Hall–Kier alpha value is -2.37. The first-order chi connectivity index (χ1) is 12.5. The molecule has 1 aromatic heterocycles. The maximum atomic E-state index is 12.5. The van der Waals surface area contributed by atoms with Crippen LogP contribution >= 0.6 is 23.2 Å². The van der Waals surface area contributed by atoms with E-state index in [1.807, 2.05) is 37.3 Å². The number of amides is 1. The van der Waals surface area contributed by atoms with Crippen molar-refractivity contribution in [2.24, 2.45) is 0 Å². The van der Waals surface area contributed by atoms with Gasteiger partial charge < -0.3 is 9.42 Å². The number of nitrogens with zero attached hydrogens (tertiary/aromatic N) is 3. The molecule has 0 N–H and O–H groups in total. The Bertz CT molecular complexity index is 986. The zero-order valence-corrected chi connectivity index (χ0v) is 15.5. The fraction of sp³-hybridized carbons (Fsp3) is 0.211. The number of anilines is 1. The molecule has 1 atom stereocenters. The molecular formula is C19H15Cl2N3O2. The van der Waals surface area contributed by atoms with Crippen LogP contribution in [0.2, 0.25) is 10.0 Å². The summed E-state index contributed by atoms with van der Waals surface area (Å²) in [5.41, 5.74) is 2.51. The summed E-state index contributed by atoms with van der Waals surface area (Å²) < 4.78 is 5.42. The van der Waals surface area contributed by atoms with Crippen molar-refractivity contribution in [3.05, 3.63) is 64.0 Å². The van der Waals surface area contributed by atoms with Gasteiger partial charge in [0, 0.05) is 29.2 Å². The molecule has 5 nitrogen and oxygen atoms in total. The predicted octanol–water partition coefficient (Wildman–Crippen LogP) is 4.87. The number of aromatic nitrogens is 2. The van der Waals surface area contributed by atoms with Gasteiger partial charge in [-0.15, -0.1) is 0 Å². The number of carbonyl (C=O) groups excluding carboxylic acids is 1. The van der Waals surface area contributed by atoms with E-state index >= 15 is 0 Å². The summed E-state index contributed by atoms with van der Waals surface area (Å²) in [5, 5.41) is 5.23. The highest BCUT2D eigenvalue weighted by molar-refractivity contribution is 6.33. The molecule has 2 heterocycles. The average molecular weight is 388 g/mol. The Kier molecular flexibility index (Phi) is 4.42. The first-order valence-electron chi connectivity index (χ1n) is 8.18. The highest BCUT2D eigenvalue weighted by Crippen LogP contribution is 2.34. The van der Waals surface area contributed by atoms with Gasteiger partial charge in [0.15, 0.2) is 0 Å². The van der Waals surface area contributed by atoms with Crippen molar-refractivity contribution in [2.75, 3.05) is 11.4 Å². The molecule has 4 rings (SSSR count). The van der Waals surface area contributed by atoms with Crippen molar-refractivity contribution >= 4 is 34.8 Å². The number of hydrogen-bond acceptors (Lipinski definition) is 4. The van der Waals surface area contributed by atoms with Crippen LogP contribution in [0.25, 0.3) is 11.4 Å². The number of rotatable bonds is 3. The first-order valence-corrected chi connectivity index (χ1v) is 8.93. The number of hydrogen-bond donors (Lipinski definition) is 0. The summed E-state index contributed by atoms with van der Waals surface area (Å²) in [7, 11) is 0. The highest BCUT2D eigenvalue weighted by atomic mass is 35.5. The second-order valence-electron chi connectivity index (χ2n) is 6.27. The topological polar surface area (TPSA) is 59.2 Å². The van der Waals surface area contributed by atoms with Crippen molar-refractivity contribution in [3.8, 4) is 11.4 Å². The van der Waals surface area contributed by atoms with Crippen molar-refractivity contribution in [2.45, 2.75) is 19.3 Å². The Morgan fingerprint density at radius 3 is 2.77 bits per heavy atom. The van der Waals surface area contributed by atoms with Crippen LogP contribution in [0, 0.1) is 6.92 Å². The van der Waals surface area contributed by atoms with E-state index in [0.717, 1.165) is 11.3 Å². The van der Waals surface area contributed by atoms with E-state index in [1.54, 1.807) is 17.0 Å². The Morgan fingerprint density at radius 2 is 2.00 bits per heavy atom. The van der Waals surface area contributed by atoms with E-state index in [4.69, 9.17) is 27.7 Å². The third-order valence-corrected chi connectivity index (χ3v) is 5.05. The van der Waals surface area contributed by atoms with Crippen LogP contribution in [0.15, 0.2) is 47.0 Å². The molecule has 0 radical (unpaired) electrons. The predicted molar refractivity (Wildman–Crippen MR) is 101 cm³/mol. The van der Waals surface area contributed by atoms with Gasteiger partial charge in [-0.2, -0.15) is 4.98 Å². The van der Waals surface area contributed by atoms with Gasteiger partial charge in [0.1, 0.15) is 0 Å². The molecule has 26 heavy (non-hydrogen) atoms. The van der Waals surface area contributed by atoms with Gasteiger partial charge >= 0.3 is 0 Å². The second kappa shape index (κ2) is 6.74. The lowest BCUT2D eigenvalue weighted by Gasteiger charge is -2.18. The summed E-state index contributed by atoms with van der Waals surface area (Å²) in [6, 6.07) is 12.8. The summed E-state index contributed by atoms with van der Waals surface area (Å²) in [6.45, 7) is 2.43. The quantitative estimate of drug-likeness (QED) is 0.642. The van der Waals surface area contributed by atoms with Gasteiger partial charge in [-0.25, -0.2) is 0 Å². The maximum absolute atomic E-state index is 12.5. The lowest BCUT2D eigenvalue weighted by molar-refractivity contribution is -0.117. The molecule has 0 saturated carbocycles. The molecule has 2 aromatic carbocycles. The normalized spacial score (nSPS) is 17.1. The van der Waals surface area contributed by atoms with E-state index in [0.29, 0.717) is 40.3 Å². The molecule has 1 saturated heterocycles. The molecular weight excluding hydrogens is 373 g/mol. The first kappa shape index (κ1) is 17.1. The fourth-order valence-electron chi connectivity index (χ4n) is 3.18. The largest absolute Gasteiger partial charge is 0.339 e. The Balaban J connectivity index is 1.59. The molecule has 3 aromatic rings. The smallest absolute Gasteiger partial charge is 0.232 e. The number of halogens is 2. The van der Waals surface area contributed by atoms with Crippen LogP contribution in [0.5, 0.6) is 0 Å². The maximum Gasteiger partial charge on any atom is 0.232 e. The molecule has 1 amide bonds. The van der Waals surface area contributed by atoms with Crippen molar-refractivity contribution in [1.29, 1.82) is 0 Å². The minimum atomic E-state index is -0.152. The summed E-state index contributed by atoms with van der Waals surface area (Å²) in [5.74, 6) is 0.751. The van der Waals surface area contributed by atoms with Gasteiger partial charge in [-0.1, -0.05) is 40.5 Å².